The minimum Gasteiger partial charge on any atom is -0.493 e. The summed E-state index contributed by atoms with van der Waals surface area (Å²) in [6.45, 7) is 5.72. The number of benzene rings is 2. The summed E-state index contributed by atoms with van der Waals surface area (Å²) in [5, 5.41) is 3.27. The molecule has 2 aromatic rings. The summed E-state index contributed by atoms with van der Waals surface area (Å²) >= 11 is 3.57. The Kier molecular flexibility index (Phi) is 8.77. The third-order valence-corrected chi connectivity index (χ3v) is 3.72. The molecule has 0 bridgehead atoms. The van der Waals surface area contributed by atoms with Crippen LogP contribution in [-0.4, -0.2) is 13.7 Å². The second kappa shape index (κ2) is 10.3. The summed E-state index contributed by atoms with van der Waals surface area (Å²) in [5.74, 6) is 1.44. The monoisotopic (exact) mass is 397 g/mol. The van der Waals surface area contributed by atoms with Crippen LogP contribution < -0.4 is 14.8 Å². The van der Waals surface area contributed by atoms with Gasteiger partial charge in [0.05, 0.1) is 11.6 Å². The number of hydrogen-bond donors (Lipinski definition) is 1. The van der Waals surface area contributed by atoms with Gasteiger partial charge in [0.15, 0.2) is 11.5 Å². The molecule has 0 aliphatic rings. The molecule has 5 heteroatoms. The molecule has 0 amide bonds. The van der Waals surface area contributed by atoms with Gasteiger partial charge < -0.3 is 14.8 Å². The molecule has 0 saturated heterocycles. The molecular formula is C18H21BrClNO2. The lowest BCUT2D eigenvalue weighted by atomic mass is 10.2. The van der Waals surface area contributed by atoms with E-state index in [1.807, 2.05) is 48.5 Å². The van der Waals surface area contributed by atoms with Crippen molar-refractivity contribution >= 4 is 28.3 Å². The molecule has 3 nitrogen and oxygen atoms in total. The van der Waals surface area contributed by atoms with E-state index in [4.69, 9.17) is 9.47 Å². The van der Waals surface area contributed by atoms with Gasteiger partial charge in [0.25, 0.3) is 0 Å². The van der Waals surface area contributed by atoms with Gasteiger partial charge in [0.1, 0.15) is 6.61 Å². The molecule has 0 fully saturated rings. The average Bonchev–Trinajstić information content (AvgIpc) is 2.54. The molecule has 0 spiro atoms. The molecular weight excluding hydrogens is 378 g/mol. The first-order valence-electron chi connectivity index (χ1n) is 7.09. The highest BCUT2D eigenvalue weighted by molar-refractivity contribution is 9.10. The van der Waals surface area contributed by atoms with Crippen molar-refractivity contribution in [2.24, 2.45) is 0 Å². The van der Waals surface area contributed by atoms with Gasteiger partial charge in [0, 0.05) is 13.1 Å². The molecule has 0 aromatic heterocycles. The van der Waals surface area contributed by atoms with Crippen LogP contribution in [0.2, 0.25) is 0 Å². The van der Waals surface area contributed by atoms with Gasteiger partial charge >= 0.3 is 0 Å². The Labute approximate surface area is 152 Å². The summed E-state index contributed by atoms with van der Waals surface area (Å²) in [6.07, 6.45) is 1.84. The molecule has 2 rings (SSSR count). The van der Waals surface area contributed by atoms with Crippen LogP contribution in [0.4, 0.5) is 0 Å². The number of hydrogen-bond acceptors (Lipinski definition) is 3. The quantitative estimate of drug-likeness (QED) is 0.515. The maximum atomic E-state index is 5.92. The zero-order chi connectivity index (χ0) is 15.8. The van der Waals surface area contributed by atoms with Crippen LogP contribution in [0.5, 0.6) is 11.5 Å². The molecule has 23 heavy (non-hydrogen) atoms. The van der Waals surface area contributed by atoms with Crippen LogP contribution in [-0.2, 0) is 13.2 Å². The lowest BCUT2D eigenvalue weighted by Gasteiger charge is -2.14. The fourth-order valence-corrected chi connectivity index (χ4v) is 2.67. The Morgan fingerprint density at radius 1 is 1.17 bits per heavy atom. The Balaban J connectivity index is 0.00000264. The highest BCUT2D eigenvalue weighted by Crippen LogP contribution is 2.37. The summed E-state index contributed by atoms with van der Waals surface area (Å²) in [6, 6.07) is 14.1. The molecule has 0 atom stereocenters. The van der Waals surface area contributed by atoms with E-state index in [0.717, 1.165) is 40.2 Å². The summed E-state index contributed by atoms with van der Waals surface area (Å²) in [5.41, 5.74) is 2.24. The molecule has 0 radical (unpaired) electrons. The van der Waals surface area contributed by atoms with Gasteiger partial charge in [-0.05, 0) is 39.2 Å². The fourth-order valence-electron chi connectivity index (χ4n) is 2.06. The second-order valence-corrected chi connectivity index (χ2v) is 5.66. The Morgan fingerprint density at radius 2 is 1.91 bits per heavy atom. The zero-order valence-corrected chi connectivity index (χ0v) is 15.5. The number of halogens is 2. The summed E-state index contributed by atoms with van der Waals surface area (Å²) in [4.78, 5) is 0. The van der Waals surface area contributed by atoms with Crippen LogP contribution in [0.15, 0.2) is 59.6 Å². The number of nitrogens with one attached hydrogen (secondary N) is 1. The highest BCUT2D eigenvalue weighted by Gasteiger charge is 2.11. The molecule has 0 unspecified atom stereocenters. The fraction of sp³-hybridized carbons (Fsp3) is 0.222. The molecule has 124 valence electrons. The van der Waals surface area contributed by atoms with Crippen molar-refractivity contribution in [3.63, 3.8) is 0 Å². The van der Waals surface area contributed by atoms with Crippen molar-refractivity contribution in [2.75, 3.05) is 13.7 Å². The van der Waals surface area contributed by atoms with Crippen LogP contribution in [0.3, 0.4) is 0 Å². The van der Waals surface area contributed by atoms with E-state index in [-0.39, 0.29) is 12.4 Å². The minimum absolute atomic E-state index is 0. The SMILES string of the molecule is C=CCNCc1cc(Br)c(OCc2ccccc2)c(OC)c1.Cl. The van der Waals surface area contributed by atoms with E-state index in [0.29, 0.717) is 6.61 Å². The second-order valence-electron chi connectivity index (χ2n) is 4.80. The van der Waals surface area contributed by atoms with E-state index in [1.54, 1.807) is 7.11 Å². The lowest BCUT2D eigenvalue weighted by molar-refractivity contribution is 0.282. The summed E-state index contributed by atoms with van der Waals surface area (Å²) < 4.78 is 12.3. The standard InChI is InChI=1S/C18H20BrNO2.ClH/c1-3-9-20-12-15-10-16(19)18(17(11-15)21-2)22-13-14-7-5-4-6-8-14;/h3-8,10-11,20H,1,9,12-13H2,2H3;1H. The van der Waals surface area contributed by atoms with Crippen molar-refractivity contribution < 1.29 is 9.47 Å². The van der Waals surface area contributed by atoms with Crippen LogP contribution in [0.25, 0.3) is 0 Å². The molecule has 0 aliphatic carbocycles. The van der Waals surface area contributed by atoms with Gasteiger partial charge in [-0.3, -0.25) is 0 Å². The molecule has 0 aliphatic heterocycles. The van der Waals surface area contributed by atoms with Gasteiger partial charge in [-0.25, -0.2) is 0 Å². The first-order valence-corrected chi connectivity index (χ1v) is 7.88. The zero-order valence-electron chi connectivity index (χ0n) is 13.0. The Morgan fingerprint density at radius 3 is 2.57 bits per heavy atom. The third kappa shape index (κ3) is 5.90. The molecule has 1 N–H and O–H groups in total. The predicted molar refractivity (Wildman–Crippen MR) is 101 cm³/mol. The normalized spacial score (nSPS) is 9.83. The van der Waals surface area contributed by atoms with Gasteiger partial charge in [0.2, 0.25) is 0 Å². The van der Waals surface area contributed by atoms with Gasteiger partial charge in [-0.1, -0.05) is 36.4 Å². The van der Waals surface area contributed by atoms with E-state index in [1.165, 1.54) is 0 Å². The number of methoxy groups -OCH3 is 1. The Hall–Kier alpha value is -1.49. The molecule has 0 heterocycles. The smallest absolute Gasteiger partial charge is 0.175 e. The predicted octanol–water partition coefficient (Wildman–Crippen LogP) is 4.73. The maximum Gasteiger partial charge on any atom is 0.175 e. The average molecular weight is 399 g/mol. The first-order chi connectivity index (χ1) is 10.7. The third-order valence-electron chi connectivity index (χ3n) is 3.13. The van der Waals surface area contributed by atoms with Crippen LogP contribution in [0.1, 0.15) is 11.1 Å². The highest BCUT2D eigenvalue weighted by atomic mass is 79.9. The molecule has 2 aromatic carbocycles. The topological polar surface area (TPSA) is 30.5 Å². The summed E-state index contributed by atoms with van der Waals surface area (Å²) in [7, 11) is 1.65. The molecule has 0 saturated carbocycles. The van der Waals surface area contributed by atoms with Crippen LogP contribution >= 0.6 is 28.3 Å². The maximum absolute atomic E-state index is 5.92. The minimum atomic E-state index is 0. The van der Waals surface area contributed by atoms with Crippen molar-refractivity contribution in [1.29, 1.82) is 0 Å². The van der Waals surface area contributed by atoms with Crippen molar-refractivity contribution in [1.82, 2.24) is 5.32 Å². The van der Waals surface area contributed by atoms with E-state index in [9.17, 15) is 0 Å². The van der Waals surface area contributed by atoms with Crippen molar-refractivity contribution in [2.45, 2.75) is 13.2 Å². The van der Waals surface area contributed by atoms with Gasteiger partial charge in [-0.2, -0.15) is 0 Å². The largest absolute Gasteiger partial charge is 0.493 e. The van der Waals surface area contributed by atoms with Gasteiger partial charge in [-0.15, -0.1) is 19.0 Å². The first kappa shape index (κ1) is 19.6. The van der Waals surface area contributed by atoms with Crippen LogP contribution in [0, 0.1) is 0 Å². The number of rotatable bonds is 8. The van der Waals surface area contributed by atoms with Crippen molar-refractivity contribution in [3.05, 3.63) is 70.7 Å². The van der Waals surface area contributed by atoms with E-state index >= 15 is 0 Å². The van der Waals surface area contributed by atoms with E-state index in [2.05, 4.69) is 27.8 Å². The van der Waals surface area contributed by atoms with E-state index < -0.39 is 0 Å². The lowest BCUT2D eigenvalue weighted by Crippen LogP contribution is -2.12. The number of ether oxygens (including phenoxy) is 2. The van der Waals surface area contributed by atoms with Crippen molar-refractivity contribution in [3.8, 4) is 11.5 Å². The Bertz CT molecular complexity index is 620.